The molecule has 0 saturated carbocycles. The van der Waals surface area contributed by atoms with Crippen LogP contribution in [0, 0.1) is 0 Å². The molecule has 0 amide bonds. The molecule has 0 saturated heterocycles. The molecular formula is C22H18N2O3S. The highest BCUT2D eigenvalue weighted by molar-refractivity contribution is 7.80. The molecule has 0 spiro atoms. The van der Waals surface area contributed by atoms with Crippen molar-refractivity contribution >= 4 is 34.0 Å². The molecule has 1 aliphatic carbocycles. The van der Waals surface area contributed by atoms with Crippen molar-refractivity contribution < 1.29 is 9.52 Å². The van der Waals surface area contributed by atoms with Gasteiger partial charge in [0.05, 0.1) is 0 Å². The third-order valence-corrected chi connectivity index (χ3v) is 4.69. The van der Waals surface area contributed by atoms with Crippen LogP contribution in [0.3, 0.4) is 0 Å². The summed E-state index contributed by atoms with van der Waals surface area (Å²) in [5.74, 6) is 0.590. The molecule has 28 heavy (non-hydrogen) atoms. The highest BCUT2D eigenvalue weighted by Crippen LogP contribution is 2.40. The van der Waals surface area contributed by atoms with Gasteiger partial charge in [0.1, 0.15) is 17.1 Å². The molecule has 1 aliphatic heterocycles. The zero-order chi connectivity index (χ0) is 19.7. The third-order valence-electron chi connectivity index (χ3n) is 4.45. The number of rotatable bonds is 3. The quantitative estimate of drug-likeness (QED) is 0.351. The fraction of sp³-hybridized carbons (Fsp3) is 0.0909. The minimum atomic E-state index is -0.127. The van der Waals surface area contributed by atoms with Crippen LogP contribution < -0.4 is 16.1 Å². The molecule has 0 unspecified atom stereocenters. The van der Waals surface area contributed by atoms with Gasteiger partial charge in [-0.2, -0.15) is 0 Å². The molecule has 6 heteroatoms. The van der Waals surface area contributed by atoms with Crippen LogP contribution in [-0.2, 0) is 0 Å². The molecule has 2 aromatic carbocycles. The van der Waals surface area contributed by atoms with Gasteiger partial charge in [-0.05, 0) is 61.1 Å². The fourth-order valence-corrected chi connectivity index (χ4v) is 3.49. The number of anilines is 1. The highest BCUT2D eigenvalue weighted by atomic mass is 32.1. The predicted octanol–water partition coefficient (Wildman–Crippen LogP) is 4.58. The van der Waals surface area contributed by atoms with Crippen LogP contribution in [0.25, 0.3) is 33.4 Å². The van der Waals surface area contributed by atoms with E-state index in [1.807, 2.05) is 37.3 Å². The van der Waals surface area contributed by atoms with Crippen molar-refractivity contribution in [3.8, 4) is 28.2 Å². The van der Waals surface area contributed by atoms with Crippen LogP contribution >= 0.6 is 12.2 Å². The molecule has 1 heterocycles. The number of nitrogens with one attached hydrogen (secondary N) is 2. The maximum absolute atomic E-state index is 11.8. The fourth-order valence-electron chi connectivity index (χ4n) is 3.23. The van der Waals surface area contributed by atoms with Crippen LogP contribution in [0.1, 0.15) is 6.92 Å². The minimum Gasteiger partial charge on any atom is -0.508 e. The van der Waals surface area contributed by atoms with E-state index in [-0.39, 0.29) is 11.2 Å². The molecule has 4 rings (SSSR count). The van der Waals surface area contributed by atoms with Gasteiger partial charge in [-0.25, -0.2) is 0 Å². The Labute approximate surface area is 167 Å². The standard InChI is InChI=1S/C22H18N2O3S/c1-2-23-22(28)24-14-5-3-13(4-6-14)21-17-9-7-15(25)11-19(17)27-20-12-16(26)8-10-18(20)21/h3-12,25H,2H2,1H3,(H2,23,24,28). The van der Waals surface area contributed by atoms with E-state index in [1.165, 1.54) is 12.1 Å². The molecule has 0 atom stereocenters. The van der Waals surface area contributed by atoms with Crippen LogP contribution in [0.2, 0.25) is 0 Å². The van der Waals surface area contributed by atoms with E-state index < -0.39 is 0 Å². The maximum Gasteiger partial charge on any atom is 0.182 e. The second-order valence-electron chi connectivity index (χ2n) is 6.38. The van der Waals surface area contributed by atoms with E-state index in [4.69, 9.17) is 16.6 Å². The first kappa shape index (κ1) is 18.0. The molecule has 0 radical (unpaired) electrons. The lowest BCUT2D eigenvalue weighted by molar-refractivity contribution is 0.474. The molecule has 3 N–H and O–H groups in total. The predicted molar refractivity (Wildman–Crippen MR) is 116 cm³/mol. The molecule has 0 aromatic heterocycles. The summed E-state index contributed by atoms with van der Waals surface area (Å²) < 4.78 is 5.88. The van der Waals surface area contributed by atoms with E-state index in [0.717, 1.165) is 34.3 Å². The zero-order valence-corrected chi connectivity index (χ0v) is 16.0. The number of phenols is 1. The van der Waals surface area contributed by atoms with Gasteiger partial charge in [0, 0.05) is 40.9 Å². The summed E-state index contributed by atoms with van der Waals surface area (Å²) in [6.45, 7) is 2.74. The lowest BCUT2D eigenvalue weighted by Crippen LogP contribution is -2.27. The summed E-state index contributed by atoms with van der Waals surface area (Å²) in [6, 6.07) is 17.6. The topological polar surface area (TPSA) is 74.5 Å². The Balaban J connectivity index is 1.87. The van der Waals surface area contributed by atoms with Gasteiger partial charge in [0.25, 0.3) is 0 Å². The molecule has 2 aromatic rings. The smallest absolute Gasteiger partial charge is 0.182 e. The van der Waals surface area contributed by atoms with E-state index >= 15 is 0 Å². The first-order chi connectivity index (χ1) is 13.5. The molecule has 0 fully saturated rings. The number of fused-ring (bicyclic) bond motifs is 2. The molecule has 140 valence electrons. The minimum absolute atomic E-state index is 0.108. The Kier molecular flexibility index (Phi) is 4.71. The summed E-state index contributed by atoms with van der Waals surface area (Å²) in [5, 5.41) is 17.5. The SMILES string of the molecule is CCNC(=S)Nc1ccc(-c2c3ccc(=O)cc-3oc3cc(O)ccc23)cc1. The first-order valence-corrected chi connectivity index (χ1v) is 9.31. The number of aromatic hydroxyl groups is 1. The van der Waals surface area contributed by atoms with Crippen LogP contribution in [0.4, 0.5) is 5.69 Å². The van der Waals surface area contributed by atoms with Crippen molar-refractivity contribution in [1.82, 2.24) is 5.32 Å². The lowest BCUT2D eigenvalue weighted by atomic mass is 9.93. The highest BCUT2D eigenvalue weighted by Gasteiger charge is 2.17. The van der Waals surface area contributed by atoms with Crippen molar-refractivity contribution in [2.45, 2.75) is 6.92 Å². The van der Waals surface area contributed by atoms with Gasteiger partial charge in [-0.15, -0.1) is 0 Å². The Morgan fingerprint density at radius 3 is 2.61 bits per heavy atom. The summed E-state index contributed by atoms with van der Waals surface area (Å²) in [7, 11) is 0. The summed E-state index contributed by atoms with van der Waals surface area (Å²) in [5.41, 5.74) is 4.01. The van der Waals surface area contributed by atoms with E-state index in [9.17, 15) is 9.90 Å². The Morgan fingerprint density at radius 2 is 1.86 bits per heavy atom. The monoisotopic (exact) mass is 390 g/mol. The molecule has 2 aliphatic rings. The average molecular weight is 390 g/mol. The van der Waals surface area contributed by atoms with Gasteiger partial charge in [-0.1, -0.05) is 12.1 Å². The van der Waals surface area contributed by atoms with E-state index in [0.29, 0.717) is 16.5 Å². The van der Waals surface area contributed by atoms with Gasteiger partial charge in [-0.3, -0.25) is 4.79 Å². The second kappa shape index (κ2) is 7.32. The summed E-state index contributed by atoms with van der Waals surface area (Å²) in [6.07, 6.45) is 0. The lowest BCUT2D eigenvalue weighted by Gasteiger charge is -2.16. The van der Waals surface area contributed by atoms with Crippen molar-refractivity contribution in [2.24, 2.45) is 0 Å². The normalized spacial score (nSPS) is 10.9. The molecule has 0 bridgehead atoms. The second-order valence-corrected chi connectivity index (χ2v) is 6.79. The number of hydrogen-bond acceptors (Lipinski definition) is 4. The number of benzene rings is 3. The molecular weight excluding hydrogens is 372 g/mol. The number of thiocarbonyl (C=S) groups is 1. The van der Waals surface area contributed by atoms with Crippen LogP contribution in [0.15, 0.2) is 69.9 Å². The number of hydrogen-bond donors (Lipinski definition) is 3. The van der Waals surface area contributed by atoms with Gasteiger partial charge in [0.15, 0.2) is 10.5 Å². The van der Waals surface area contributed by atoms with Crippen LogP contribution in [0.5, 0.6) is 5.75 Å². The van der Waals surface area contributed by atoms with E-state index in [1.54, 1.807) is 18.2 Å². The van der Waals surface area contributed by atoms with Gasteiger partial charge in [0.2, 0.25) is 0 Å². The Hall–Kier alpha value is -3.38. The first-order valence-electron chi connectivity index (χ1n) is 8.90. The third kappa shape index (κ3) is 3.42. The van der Waals surface area contributed by atoms with Crippen LogP contribution in [-0.4, -0.2) is 16.8 Å². The van der Waals surface area contributed by atoms with E-state index in [2.05, 4.69) is 10.6 Å². The van der Waals surface area contributed by atoms with Crippen molar-refractivity contribution in [2.75, 3.05) is 11.9 Å². The molecule has 5 nitrogen and oxygen atoms in total. The Morgan fingerprint density at radius 1 is 1.07 bits per heavy atom. The van der Waals surface area contributed by atoms with Crippen molar-refractivity contribution in [1.29, 1.82) is 0 Å². The van der Waals surface area contributed by atoms with Gasteiger partial charge < -0.3 is 20.2 Å². The zero-order valence-electron chi connectivity index (χ0n) is 15.2. The largest absolute Gasteiger partial charge is 0.508 e. The number of phenolic OH excluding ortho intramolecular Hbond substituents is 1. The van der Waals surface area contributed by atoms with Gasteiger partial charge >= 0.3 is 0 Å². The van der Waals surface area contributed by atoms with Crippen molar-refractivity contribution in [3.05, 3.63) is 70.9 Å². The summed E-state index contributed by atoms with van der Waals surface area (Å²) in [4.78, 5) is 11.8. The summed E-state index contributed by atoms with van der Waals surface area (Å²) >= 11 is 5.22. The Bertz CT molecular complexity index is 1200. The average Bonchev–Trinajstić information content (AvgIpc) is 2.67. The maximum atomic E-state index is 11.8. The van der Waals surface area contributed by atoms with Crippen molar-refractivity contribution in [3.63, 3.8) is 0 Å².